The Labute approximate surface area is 86.5 Å². The maximum absolute atomic E-state index is 9.78. The van der Waals surface area contributed by atoms with Crippen LogP contribution >= 0.6 is 15.9 Å². The molecule has 0 bridgehead atoms. The van der Waals surface area contributed by atoms with Crippen LogP contribution in [0.25, 0.3) is 0 Å². The predicted octanol–water partition coefficient (Wildman–Crippen LogP) is -2.59. The van der Waals surface area contributed by atoms with E-state index in [4.69, 9.17) is 29.2 Å². The Morgan fingerprint density at radius 2 is 1.42 bits per heavy atom. The second-order valence-electron chi connectivity index (χ2n) is 1.50. The van der Waals surface area contributed by atoms with E-state index >= 15 is 0 Å². The van der Waals surface area contributed by atoms with Crippen LogP contribution in [0.5, 0.6) is 0 Å². The van der Waals surface area contributed by atoms with E-state index in [2.05, 4.69) is 0 Å². The van der Waals surface area contributed by atoms with Crippen molar-refractivity contribution in [1.29, 1.82) is 0 Å². The molecule has 5 N–H and O–H groups in total. The number of aliphatic hydroxyl groups excluding tert-OH is 1. The van der Waals surface area contributed by atoms with Crippen molar-refractivity contribution < 1.29 is 33.8 Å². The Morgan fingerprint density at radius 1 is 1.33 bits per heavy atom. The Hall–Kier alpha value is 1.06. The van der Waals surface area contributed by atoms with Gasteiger partial charge in [-0.1, -0.05) is 0 Å². The normalized spacial score (nSPS) is 12.6. The van der Waals surface area contributed by atoms with Crippen LogP contribution in [-0.4, -0.2) is 54.4 Å². The summed E-state index contributed by atoms with van der Waals surface area (Å²) in [5, 5.41) is 8.13. The van der Waals surface area contributed by atoms with Gasteiger partial charge in [0.2, 0.25) is 0 Å². The molecule has 0 saturated heterocycles. The zero-order valence-corrected chi connectivity index (χ0v) is 7.47. The van der Waals surface area contributed by atoms with Crippen LogP contribution in [0, 0.1) is 0 Å². The van der Waals surface area contributed by atoms with E-state index in [0.717, 1.165) is 6.92 Å². The average molecular weight is 331 g/mol. The molecule has 0 aliphatic heterocycles. The van der Waals surface area contributed by atoms with Gasteiger partial charge in [-0.05, 0) is 6.92 Å². The second-order valence-corrected chi connectivity index (χ2v) is 3.99. The average Bonchev–Trinajstić information content (AvgIpc) is 1.59. The fraction of sp³-hybridized carbons (Fsp3) is 1.00. The summed E-state index contributed by atoms with van der Waals surface area (Å²) in [4.78, 5) is 30.2. The van der Waals surface area contributed by atoms with Crippen molar-refractivity contribution >= 4 is 39.8 Å². The molecule has 0 aromatic carbocycles. The summed E-state index contributed by atoms with van der Waals surface area (Å²) in [7, 11) is -7.31. The molecule has 10 heteroatoms. The van der Waals surface area contributed by atoms with Crippen LogP contribution < -0.4 is 0 Å². The zero-order chi connectivity index (χ0) is 9.65. The third-order valence-electron chi connectivity index (χ3n) is 0.487. The quantitative estimate of drug-likeness (QED) is 0.263. The molecule has 12 heavy (non-hydrogen) atoms. The number of aliphatic hydroxyl groups is 1. The third kappa shape index (κ3) is 22.5. The van der Waals surface area contributed by atoms with Crippen LogP contribution in [0.15, 0.2) is 0 Å². The molecule has 0 aromatic heterocycles. The van der Waals surface area contributed by atoms with Crippen molar-refractivity contribution in [3.8, 4) is 0 Å². The molecule has 0 spiro atoms. The van der Waals surface area contributed by atoms with Crippen molar-refractivity contribution in [2.75, 3.05) is 0 Å². The molecule has 0 saturated carbocycles. The van der Waals surface area contributed by atoms with Gasteiger partial charge in [0.25, 0.3) is 0 Å². The predicted molar refractivity (Wildman–Crippen MR) is 48.5 cm³/mol. The van der Waals surface area contributed by atoms with E-state index in [0.29, 0.717) is 0 Å². The summed E-state index contributed by atoms with van der Waals surface area (Å²) in [6, 6.07) is 0. The molecule has 1 atom stereocenters. The van der Waals surface area contributed by atoms with Gasteiger partial charge in [0.15, 0.2) is 5.85 Å². The van der Waals surface area contributed by atoms with Gasteiger partial charge in [-0.15, -0.1) is 0 Å². The fourth-order valence-corrected chi connectivity index (χ4v) is 0. The van der Waals surface area contributed by atoms with E-state index in [-0.39, 0.29) is 23.9 Å². The minimum atomic E-state index is -4.18. The topological polar surface area (TPSA) is 135 Å². The first-order valence-electron chi connectivity index (χ1n) is 2.33. The monoisotopic (exact) mass is 332 g/mol. The first-order valence-corrected chi connectivity index (χ1v) is 5.31. The van der Waals surface area contributed by atoms with Crippen molar-refractivity contribution in [3.63, 3.8) is 0 Å². The summed E-state index contributed by atoms with van der Waals surface area (Å²) >= 11 is 0. The molecule has 7 nitrogen and oxygen atoms in total. The van der Waals surface area contributed by atoms with E-state index < -0.39 is 21.7 Å². The van der Waals surface area contributed by atoms with Gasteiger partial charge in [-0.25, -0.2) is 0 Å². The van der Waals surface area contributed by atoms with Gasteiger partial charge >= 0.3 is 39.8 Å². The van der Waals surface area contributed by atoms with E-state index in [1.807, 2.05) is 0 Å². The van der Waals surface area contributed by atoms with Gasteiger partial charge in [-0.2, -0.15) is 0 Å². The number of rotatable bonds is 1. The first-order chi connectivity index (χ1) is 4.68. The standard InChI is InChI=1S/C2H7O4P.H3O3P.Sn.4H/c1-2(3)7(4,5)6;1-4(2)3;;;;;/h2-3H,1H3,(H2,4,5,6);4H,(H2,1,2,3);;;;;. The molecule has 1 unspecified atom stereocenters. The molecule has 0 radical (unpaired) electrons. The molecule has 0 heterocycles. The van der Waals surface area contributed by atoms with E-state index in [1.165, 1.54) is 0 Å². The van der Waals surface area contributed by atoms with E-state index in [1.54, 1.807) is 0 Å². The van der Waals surface area contributed by atoms with Crippen LogP contribution in [0.2, 0.25) is 0 Å². The Bertz CT molecular complexity index is 159. The maximum atomic E-state index is 9.78. The van der Waals surface area contributed by atoms with Gasteiger partial charge in [-0.3, -0.25) is 9.13 Å². The van der Waals surface area contributed by atoms with Gasteiger partial charge in [0.05, 0.1) is 0 Å². The van der Waals surface area contributed by atoms with Crippen LogP contribution in [0.3, 0.4) is 0 Å². The molecule has 78 valence electrons. The molecular weight excluding hydrogens is 317 g/mol. The SMILES string of the molecule is CC(O)P(=O)(O)O.O=[PH](O)O.[SnH4]. The Balaban J connectivity index is -0.000000142. The third-order valence-corrected chi connectivity index (χ3v) is 1.46. The van der Waals surface area contributed by atoms with Gasteiger partial charge < -0.3 is 24.7 Å². The molecule has 0 amide bonds. The van der Waals surface area contributed by atoms with Crippen molar-refractivity contribution in [2.45, 2.75) is 12.8 Å². The van der Waals surface area contributed by atoms with Crippen LogP contribution in [0.1, 0.15) is 6.92 Å². The molecule has 0 rings (SSSR count). The molecular formula is C2H14O7P2Sn. The Kier molecular flexibility index (Phi) is 13.5. The molecule has 0 fully saturated rings. The van der Waals surface area contributed by atoms with Gasteiger partial charge in [0.1, 0.15) is 0 Å². The van der Waals surface area contributed by atoms with E-state index in [9.17, 15) is 4.57 Å². The zero-order valence-electron chi connectivity index (χ0n) is 5.58. The summed E-state index contributed by atoms with van der Waals surface area (Å²) < 4.78 is 18.5. The van der Waals surface area contributed by atoms with Crippen molar-refractivity contribution in [1.82, 2.24) is 0 Å². The fourth-order valence-electron chi connectivity index (χ4n) is 0. The van der Waals surface area contributed by atoms with Crippen LogP contribution in [0.4, 0.5) is 0 Å². The summed E-state index contributed by atoms with van der Waals surface area (Å²) in [5.41, 5.74) is 0. The van der Waals surface area contributed by atoms with Crippen molar-refractivity contribution in [3.05, 3.63) is 0 Å². The second kappa shape index (κ2) is 8.65. The number of hydrogen-bond donors (Lipinski definition) is 5. The van der Waals surface area contributed by atoms with Crippen LogP contribution in [-0.2, 0) is 9.13 Å². The Morgan fingerprint density at radius 3 is 1.42 bits per heavy atom. The van der Waals surface area contributed by atoms with Crippen molar-refractivity contribution in [2.24, 2.45) is 0 Å². The minimum absolute atomic E-state index is 0. The van der Waals surface area contributed by atoms with Gasteiger partial charge in [0, 0.05) is 0 Å². The summed E-state index contributed by atoms with van der Waals surface area (Å²) in [6.07, 6.45) is 0. The molecule has 0 aliphatic rings. The molecule has 0 aliphatic carbocycles. The summed E-state index contributed by atoms with van der Waals surface area (Å²) in [5.74, 6) is -1.53. The number of hydrogen-bond acceptors (Lipinski definition) is 3. The molecule has 0 aromatic rings. The first kappa shape index (κ1) is 18.8. The summed E-state index contributed by atoms with van der Waals surface area (Å²) in [6.45, 7) is 1.04.